The van der Waals surface area contributed by atoms with Crippen LogP contribution in [0.4, 0.5) is 8.78 Å². The van der Waals surface area contributed by atoms with Gasteiger partial charge in [-0.05, 0) is 41.8 Å². The Bertz CT molecular complexity index is 1160. The number of nitrogens with zero attached hydrogens (tertiary/aromatic N) is 1. The van der Waals surface area contributed by atoms with Gasteiger partial charge < -0.3 is 4.74 Å². The molecular formula is C26H21Cl2F2NO2. The third-order valence-electron chi connectivity index (χ3n) is 5.26. The van der Waals surface area contributed by atoms with Gasteiger partial charge in [-0.1, -0.05) is 79.5 Å². The number of benzene rings is 3. The van der Waals surface area contributed by atoms with E-state index in [0.717, 1.165) is 0 Å². The maximum absolute atomic E-state index is 15.1. The van der Waals surface area contributed by atoms with Crippen molar-refractivity contribution < 1.29 is 18.3 Å². The monoisotopic (exact) mass is 487 g/mol. The molecule has 33 heavy (non-hydrogen) atoms. The molecule has 3 nitrogen and oxygen atoms in total. The fourth-order valence-electron chi connectivity index (χ4n) is 3.54. The van der Waals surface area contributed by atoms with Gasteiger partial charge in [-0.25, -0.2) is 0 Å². The zero-order valence-electron chi connectivity index (χ0n) is 17.9. The van der Waals surface area contributed by atoms with E-state index in [1.54, 1.807) is 24.3 Å². The Kier molecular flexibility index (Phi) is 7.73. The molecule has 0 aliphatic rings. The molecule has 0 radical (unpaired) electrons. The predicted molar refractivity (Wildman–Crippen MR) is 124 cm³/mol. The van der Waals surface area contributed by atoms with Gasteiger partial charge in [-0.15, -0.1) is 0 Å². The Morgan fingerprint density at radius 1 is 0.909 bits per heavy atom. The van der Waals surface area contributed by atoms with Gasteiger partial charge in [0.05, 0.1) is 5.92 Å². The maximum Gasteiger partial charge on any atom is 0.315 e. The molecule has 3 aromatic rings. The SMILES string of the molecule is CC(C)C(C(=O)OC(C#N)c1cccc(C(F)(F)c2ccc(Cl)cc2)c1)c1ccc(Cl)cc1. The highest BCUT2D eigenvalue weighted by Crippen LogP contribution is 2.37. The molecule has 0 N–H and O–H groups in total. The molecule has 0 aromatic heterocycles. The Morgan fingerprint density at radius 2 is 1.48 bits per heavy atom. The van der Waals surface area contributed by atoms with Crippen LogP contribution < -0.4 is 0 Å². The average Bonchev–Trinajstić information content (AvgIpc) is 2.79. The molecule has 0 saturated carbocycles. The molecule has 7 heteroatoms. The highest BCUT2D eigenvalue weighted by molar-refractivity contribution is 6.30. The van der Waals surface area contributed by atoms with E-state index in [9.17, 15) is 10.1 Å². The second-order valence-electron chi connectivity index (χ2n) is 7.93. The van der Waals surface area contributed by atoms with Crippen LogP contribution in [0.5, 0.6) is 0 Å². The summed E-state index contributed by atoms with van der Waals surface area (Å²) in [6.07, 6.45) is -1.34. The van der Waals surface area contributed by atoms with Crippen LogP contribution in [0.15, 0.2) is 72.8 Å². The van der Waals surface area contributed by atoms with Gasteiger partial charge >= 0.3 is 5.97 Å². The van der Waals surface area contributed by atoms with E-state index in [-0.39, 0.29) is 22.6 Å². The van der Waals surface area contributed by atoms with E-state index in [1.807, 2.05) is 19.9 Å². The molecule has 3 aromatic carbocycles. The average molecular weight is 488 g/mol. The summed E-state index contributed by atoms with van der Waals surface area (Å²) in [6, 6.07) is 19.3. The highest BCUT2D eigenvalue weighted by atomic mass is 35.5. The van der Waals surface area contributed by atoms with Crippen molar-refractivity contribution in [1.82, 2.24) is 0 Å². The number of alkyl halides is 2. The van der Waals surface area contributed by atoms with Crippen LogP contribution in [0.25, 0.3) is 0 Å². The van der Waals surface area contributed by atoms with Crippen molar-refractivity contribution in [3.63, 3.8) is 0 Å². The van der Waals surface area contributed by atoms with Gasteiger partial charge in [-0.3, -0.25) is 4.79 Å². The minimum Gasteiger partial charge on any atom is -0.441 e. The summed E-state index contributed by atoms with van der Waals surface area (Å²) in [5.41, 5.74) is 0.295. The summed E-state index contributed by atoms with van der Waals surface area (Å²) >= 11 is 11.7. The summed E-state index contributed by atoms with van der Waals surface area (Å²) in [7, 11) is 0. The summed E-state index contributed by atoms with van der Waals surface area (Å²) in [5, 5.41) is 10.5. The quantitative estimate of drug-likeness (QED) is 0.321. The lowest BCUT2D eigenvalue weighted by Crippen LogP contribution is -2.23. The summed E-state index contributed by atoms with van der Waals surface area (Å²) in [5.74, 6) is -4.71. The molecule has 170 valence electrons. The topological polar surface area (TPSA) is 50.1 Å². The number of nitriles is 1. The lowest BCUT2D eigenvalue weighted by atomic mass is 9.88. The highest BCUT2D eigenvalue weighted by Gasteiger charge is 2.35. The third-order valence-corrected chi connectivity index (χ3v) is 5.76. The first-order valence-electron chi connectivity index (χ1n) is 10.2. The fourth-order valence-corrected chi connectivity index (χ4v) is 3.80. The van der Waals surface area contributed by atoms with Gasteiger partial charge in [0.1, 0.15) is 6.07 Å². The van der Waals surface area contributed by atoms with Gasteiger partial charge in [0.25, 0.3) is 5.92 Å². The van der Waals surface area contributed by atoms with Crippen LogP contribution in [0.2, 0.25) is 10.0 Å². The Morgan fingerprint density at radius 3 is 2.03 bits per heavy atom. The van der Waals surface area contributed by atoms with Crippen LogP contribution >= 0.6 is 23.2 Å². The Hall–Kier alpha value is -2.94. The largest absolute Gasteiger partial charge is 0.441 e. The van der Waals surface area contributed by atoms with E-state index in [1.165, 1.54) is 48.5 Å². The van der Waals surface area contributed by atoms with Crippen molar-refractivity contribution in [3.05, 3.63) is 105 Å². The molecule has 0 spiro atoms. The summed E-state index contributed by atoms with van der Waals surface area (Å²) in [4.78, 5) is 13.0. The number of halogens is 4. The van der Waals surface area contributed by atoms with Crippen molar-refractivity contribution >= 4 is 29.2 Å². The smallest absolute Gasteiger partial charge is 0.315 e. The van der Waals surface area contributed by atoms with Crippen LogP contribution in [0, 0.1) is 17.2 Å². The van der Waals surface area contributed by atoms with Crippen LogP contribution in [0.3, 0.4) is 0 Å². The van der Waals surface area contributed by atoms with Gasteiger partial charge in [0, 0.05) is 26.7 Å². The second-order valence-corrected chi connectivity index (χ2v) is 8.80. The summed E-state index contributed by atoms with van der Waals surface area (Å²) in [6.45, 7) is 3.71. The molecule has 0 amide bonds. The van der Waals surface area contributed by atoms with E-state index in [4.69, 9.17) is 27.9 Å². The van der Waals surface area contributed by atoms with Crippen molar-refractivity contribution in [3.8, 4) is 6.07 Å². The van der Waals surface area contributed by atoms with E-state index >= 15 is 8.78 Å². The van der Waals surface area contributed by atoms with Crippen molar-refractivity contribution in [2.45, 2.75) is 31.8 Å². The van der Waals surface area contributed by atoms with Crippen molar-refractivity contribution in [2.75, 3.05) is 0 Å². The first-order valence-corrected chi connectivity index (χ1v) is 11.0. The minimum atomic E-state index is -3.33. The lowest BCUT2D eigenvalue weighted by molar-refractivity contribution is -0.150. The number of esters is 1. The Labute approximate surface area is 201 Å². The molecule has 0 saturated heterocycles. The van der Waals surface area contributed by atoms with Crippen molar-refractivity contribution in [1.29, 1.82) is 5.26 Å². The first kappa shape index (κ1) is 24.7. The van der Waals surface area contributed by atoms with Crippen LogP contribution in [-0.2, 0) is 15.5 Å². The molecule has 0 aliphatic heterocycles. The van der Waals surface area contributed by atoms with E-state index < -0.39 is 23.9 Å². The standard InChI is InChI=1S/C26H21Cl2F2NO2/c1-16(2)24(17-6-10-21(27)11-7-17)25(32)33-23(15-31)18-4-3-5-20(14-18)26(29,30)19-8-12-22(28)13-9-19/h3-14,16,23-24H,1-2H3. The molecule has 0 heterocycles. The van der Waals surface area contributed by atoms with Crippen molar-refractivity contribution in [2.24, 2.45) is 5.92 Å². The minimum absolute atomic E-state index is 0.126. The molecule has 0 fully saturated rings. The third kappa shape index (κ3) is 5.71. The molecule has 0 bridgehead atoms. The number of hydrogen-bond acceptors (Lipinski definition) is 3. The Balaban J connectivity index is 1.87. The van der Waals surface area contributed by atoms with Gasteiger partial charge in [-0.2, -0.15) is 14.0 Å². The molecule has 3 rings (SSSR count). The number of hydrogen-bond donors (Lipinski definition) is 0. The van der Waals surface area contributed by atoms with E-state index in [0.29, 0.717) is 15.6 Å². The second kappa shape index (κ2) is 10.3. The summed E-state index contributed by atoms with van der Waals surface area (Å²) < 4.78 is 35.6. The number of rotatable bonds is 7. The predicted octanol–water partition coefficient (Wildman–Crippen LogP) is 7.68. The first-order chi connectivity index (χ1) is 15.6. The van der Waals surface area contributed by atoms with E-state index in [2.05, 4.69) is 0 Å². The van der Waals surface area contributed by atoms with Crippen LogP contribution in [-0.4, -0.2) is 5.97 Å². The fraction of sp³-hybridized carbons (Fsp3) is 0.231. The number of carbonyl (C=O) groups is 1. The normalized spacial score (nSPS) is 13.3. The molecule has 2 atom stereocenters. The van der Waals surface area contributed by atoms with Gasteiger partial charge in [0.15, 0.2) is 0 Å². The van der Waals surface area contributed by atoms with Gasteiger partial charge in [0.2, 0.25) is 6.10 Å². The zero-order chi connectivity index (χ0) is 24.2. The molecule has 2 unspecified atom stereocenters. The number of ether oxygens (including phenoxy) is 1. The number of carbonyl (C=O) groups excluding carboxylic acids is 1. The lowest BCUT2D eigenvalue weighted by Gasteiger charge is -2.23. The molecular weight excluding hydrogens is 467 g/mol. The van der Waals surface area contributed by atoms with Crippen LogP contribution in [0.1, 0.15) is 48.1 Å². The molecule has 0 aliphatic carbocycles. The maximum atomic E-state index is 15.1. The zero-order valence-corrected chi connectivity index (χ0v) is 19.4.